The lowest BCUT2D eigenvalue weighted by molar-refractivity contribution is -0.119. The molecule has 6 nitrogen and oxygen atoms in total. The van der Waals surface area contributed by atoms with Gasteiger partial charge in [0.05, 0.1) is 6.04 Å². The highest BCUT2D eigenvalue weighted by molar-refractivity contribution is 7.81. The number of carbonyl (C=O) groups excluding carboxylic acids is 2. The van der Waals surface area contributed by atoms with E-state index in [-0.39, 0.29) is 23.9 Å². The molecule has 1 aliphatic heterocycles. The van der Waals surface area contributed by atoms with Crippen LogP contribution in [0.25, 0.3) is 0 Å². The second kappa shape index (κ2) is 12.8. The SMILES string of the molecule is C[C@H](NC(=O)c1cc(NC[C@@H]2C[C@H](S)CN2)ccc1CCc1ccc(F)cc1)C(=O)Cc1ccncc1. The maximum absolute atomic E-state index is 13.4. The molecule has 37 heavy (non-hydrogen) atoms. The monoisotopic (exact) mass is 520 g/mol. The Hall–Kier alpha value is -3.23. The average molecular weight is 521 g/mol. The van der Waals surface area contributed by atoms with E-state index in [0.29, 0.717) is 29.7 Å². The van der Waals surface area contributed by atoms with Gasteiger partial charge in [0.25, 0.3) is 5.91 Å². The number of pyridine rings is 1. The first kappa shape index (κ1) is 26.8. The quantitative estimate of drug-likeness (QED) is 0.287. The Bertz CT molecular complexity index is 1210. The molecule has 2 heterocycles. The summed E-state index contributed by atoms with van der Waals surface area (Å²) in [4.78, 5) is 30.1. The summed E-state index contributed by atoms with van der Waals surface area (Å²) in [5.41, 5.74) is 4.09. The Kier molecular flexibility index (Phi) is 9.30. The van der Waals surface area contributed by atoms with E-state index < -0.39 is 6.04 Å². The van der Waals surface area contributed by atoms with Gasteiger partial charge < -0.3 is 16.0 Å². The van der Waals surface area contributed by atoms with Crippen molar-refractivity contribution in [3.05, 3.63) is 95.1 Å². The predicted molar refractivity (Wildman–Crippen MR) is 148 cm³/mol. The lowest BCUT2D eigenvalue weighted by Gasteiger charge is -2.18. The molecule has 0 bridgehead atoms. The number of benzene rings is 2. The maximum Gasteiger partial charge on any atom is 0.252 e. The van der Waals surface area contributed by atoms with Gasteiger partial charge in [0, 0.05) is 54.4 Å². The second-order valence-electron chi connectivity index (χ2n) is 9.57. The summed E-state index contributed by atoms with van der Waals surface area (Å²) in [6.07, 6.45) is 5.78. The fourth-order valence-electron chi connectivity index (χ4n) is 4.45. The molecule has 0 spiro atoms. The predicted octanol–water partition coefficient (Wildman–Crippen LogP) is 4.01. The molecule has 0 radical (unpaired) electrons. The third-order valence-electron chi connectivity index (χ3n) is 6.66. The van der Waals surface area contributed by atoms with Crippen molar-refractivity contribution in [3.63, 3.8) is 0 Å². The summed E-state index contributed by atoms with van der Waals surface area (Å²) in [5.74, 6) is -0.635. The number of nitrogens with one attached hydrogen (secondary N) is 3. The number of aromatic nitrogens is 1. The lowest BCUT2D eigenvalue weighted by Crippen LogP contribution is -2.39. The van der Waals surface area contributed by atoms with E-state index in [0.717, 1.165) is 41.9 Å². The highest BCUT2D eigenvalue weighted by Gasteiger charge is 2.22. The molecule has 2 aromatic carbocycles. The van der Waals surface area contributed by atoms with Crippen molar-refractivity contribution < 1.29 is 14.0 Å². The van der Waals surface area contributed by atoms with Crippen LogP contribution in [0.1, 0.15) is 40.4 Å². The van der Waals surface area contributed by atoms with Gasteiger partial charge in [-0.25, -0.2) is 4.39 Å². The molecule has 4 rings (SSSR count). The average Bonchev–Trinajstić information content (AvgIpc) is 3.32. The van der Waals surface area contributed by atoms with Crippen molar-refractivity contribution in [3.8, 4) is 0 Å². The third kappa shape index (κ3) is 7.87. The molecule has 0 saturated carbocycles. The van der Waals surface area contributed by atoms with Crippen LogP contribution in [0.4, 0.5) is 10.1 Å². The van der Waals surface area contributed by atoms with E-state index in [4.69, 9.17) is 0 Å². The number of aryl methyl sites for hydroxylation is 2. The smallest absolute Gasteiger partial charge is 0.252 e. The van der Waals surface area contributed by atoms with Gasteiger partial charge in [-0.05, 0) is 79.3 Å². The van der Waals surface area contributed by atoms with Gasteiger partial charge in [0.2, 0.25) is 0 Å². The molecule has 3 atom stereocenters. The lowest BCUT2D eigenvalue weighted by atomic mass is 9.98. The van der Waals surface area contributed by atoms with Crippen LogP contribution >= 0.6 is 12.6 Å². The molecule has 0 unspecified atom stereocenters. The fourth-order valence-corrected chi connectivity index (χ4v) is 4.81. The summed E-state index contributed by atoms with van der Waals surface area (Å²) in [6, 6.07) is 15.5. The number of hydrogen-bond acceptors (Lipinski definition) is 6. The molecule has 1 aromatic heterocycles. The van der Waals surface area contributed by atoms with Crippen LogP contribution in [0.15, 0.2) is 67.0 Å². The van der Waals surface area contributed by atoms with Gasteiger partial charge in [-0.3, -0.25) is 14.6 Å². The minimum Gasteiger partial charge on any atom is -0.383 e. The summed E-state index contributed by atoms with van der Waals surface area (Å²) in [7, 11) is 0. The number of nitrogens with zero attached hydrogens (tertiary/aromatic N) is 1. The first-order valence-corrected chi connectivity index (χ1v) is 13.1. The van der Waals surface area contributed by atoms with Crippen molar-refractivity contribution in [1.29, 1.82) is 0 Å². The molecule has 0 aliphatic carbocycles. The minimum atomic E-state index is -0.641. The second-order valence-corrected chi connectivity index (χ2v) is 10.3. The van der Waals surface area contributed by atoms with E-state index in [1.807, 2.05) is 18.2 Å². The van der Waals surface area contributed by atoms with E-state index in [1.165, 1.54) is 12.1 Å². The maximum atomic E-state index is 13.4. The molecule has 3 aromatic rings. The Morgan fingerprint density at radius 1 is 1.08 bits per heavy atom. The van der Waals surface area contributed by atoms with Crippen molar-refractivity contribution >= 4 is 30.0 Å². The summed E-state index contributed by atoms with van der Waals surface area (Å²) in [6.45, 7) is 3.33. The van der Waals surface area contributed by atoms with E-state index in [9.17, 15) is 14.0 Å². The molecule has 1 aliphatic rings. The molecule has 1 fully saturated rings. The first-order valence-electron chi connectivity index (χ1n) is 12.6. The summed E-state index contributed by atoms with van der Waals surface area (Å²) >= 11 is 4.53. The van der Waals surface area contributed by atoms with Crippen LogP contribution < -0.4 is 16.0 Å². The normalized spacial score (nSPS) is 17.8. The molecular formula is C29H33FN4O2S. The van der Waals surface area contributed by atoms with Crippen molar-refractivity contribution in [1.82, 2.24) is 15.6 Å². The van der Waals surface area contributed by atoms with Crippen molar-refractivity contribution in [2.45, 2.75) is 49.9 Å². The van der Waals surface area contributed by atoms with Crippen LogP contribution in [0.3, 0.4) is 0 Å². The largest absolute Gasteiger partial charge is 0.383 e. The highest BCUT2D eigenvalue weighted by atomic mass is 32.1. The van der Waals surface area contributed by atoms with E-state index in [2.05, 4.69) is 33.6 Å². The molecule has 1 amide bonds. The molecule has 194 valence electrons. The van der Waals surface area contributed by atoms with E-state index in [1.54, 1.807) is 43.6 Å². The number of Topliss-reactive ketones (excluding diaryl/α,β-unsaturated/α-hetero) is 1. The third-order valence-corrected chi connectivity index (χ3v) is 7.05. The first-order chi connectivity index (χ1) is 17.9. The number of hydrogen-bond donors (Lipinski definition) is 4. The van der Waals surface area contributed by atoms with Gasteiger partial charge in [0.15, 0.2) is 5.78 Å². The molecule has 8 heteroatoms. The number of ketones is 1. The van der Waals surface area contributed by atoms with Crippen LogP contribution in [-0.2, 0) is 24.1 Å². The molecular weight excluding hydrogens is 487 g/mol. The van der Waals surface area contributed by atoms with Gasteiger partial charge in [-0.15, -0.1) is 0 Å². The molecule has 3 N–H and O–H groups in total. The number of carbonyl (C=O) groups is 2. The number of rotatable bonds is 11. The summed E-state index contributed by atoms with van der Waals surface area (Å²) < 4.78 is 13.3. The van der Waals surface area contributed by atoms with Gasteiger partial charge in [-0.2, -0.15) is 12.6 Å². The number of halogens is 1. The van der Waals surface area contributed by atoms with E-state index >= 15 is 0 Å². The van der Waals surface area contributed by atoms with Gasteiger partial charge in [-0.1, -0.05) is 18.2 Å². The number of anilines is 1. The Morgan fingerprint density at radius 2 is 1.84 bits per heavy atom. The zero-order valence-electron chi connectivity index (χ0n) is 20.9. The van der Waals surface area contributed by atoms with Crippen LogP contribution in [0.2, 0.25) is 0 Å². The Labute approximate surface area is 222 Å². The zero-order valence-corrected chi connectivity index (χ0v) is 21.8. The summed E-state index contributed by atoms with van der Waals surface area (Å²) in [5, 5.41) is 10.1. The van der Waals surface area contributed by atoms with Gasteiger partial charge in [0.1, 0.15) is 5.82 Å². The standard InChI is InChI=1S/C29H33FN4O2S/c1-19(28(35)14-21-10-12-31-13-11-21)34-29(36)27-16-24(32-17-25-15-26(37)18-33-25)9-6-22(27)5-2-20-3-7-23(30)8-4-20/h3-4,6-13,16,19,25-26,32-33,37H,2,5,14-15,17-18H2,1H3,(H,34,36)/t19-,25-,26-/m0/s1. The number of thiol groups is 1. The topological polar surface area (TPSA) is 83.1 Å². The highest BCUT2D eigenvalue weighted by Crippen LogP contribution is 2.20. The fraction of sp³-hybridized carbons (Fsp3) is 0.345. The Balaban J connectivity index is 1.46. The van der Waals surface area contributed by atoms with Crippen LogP contribution in [0, 0.1) is 5.82 Å². The zero-order chi connectivity index (χ0) is 26.2. The minimum absolute atomic E-state index is 0.0738. The Morgan fingerprint density at radius 3 is 2.54 bits per heavy atom. The van der Waals surface area contributed by atoms with Crippen molar-refractivity contribution in [2.75, 3.05) is 18.4 Å². The molecule has 1 saturated heterocycles. The van der Waals surface area contributed by atoms with Crippen LogP contribution in [0.5, 0.6) is 0 Å². The number of amides is 1. The van der Waals surface area contributed by atoms with Crippen LogP contribution in [-0.4, -0.2) is 47.1 Å². The van der Waals surface area contributed by atoms with Crippen molar-refractivity contribution in [2.24, 2.45) is 0 Å². The van der Waals surface area contributed by atoms with Gasteiger partial charge >= 0.3 is 0 Å².